The van der Waals surface area contributed by atoms with E-state index in [0.29, 0.717) is 6.10 Å². The normalized spacial score (nSPS) is 42.6. The number of ether oxygens (including phenoxy) is 1. The summed E-state index contributed by atoms with van der Waals surface area (Å²) < 4.78 is 5.17. The molecule has 1 rings (SSSR count). The molecule has 1 heterocycles. The molecule has 0 aromatic rings. The zero-order valence-electron chi connectivity index (χ0n) is 5.49. The van der Waals surface area contributed by atoms with Gasteiger partial charge in [0, 0.05) is 0 Å². The molecule has 0 spiro atoms. The third-order valence-corrected chi connectivity index (χ3v) is 1.51. The van der Waals surface area contributed by atoms with Gasteiger partial charge in [0.05, 0.1) is 6.10 Å². The molecular weight excluding hydrogens is 100 g/mol. The Kier molecular flexibility index (Phi) is 1.06. The maximum atomic E-state index is 5.17. The third kappa shape index (κ3) is 0.719. The molecule has 0 saturated carbocycles. The lowest BCUT2D eigenvalue weighted by atomic mass is 10.1. The molecule has 0 amide bonds. The number of hydrogen-bond acceptors (Lipinski definition) is 1. The van der Waals surface area contributed by atoms with Crippen molar-refractivity contribution < 1.29 is 4.74 Å². The predicted octanol–water partition coefficient (Wildman–Crippen LogP) is 1.19. The Labute approximate surface area is 50.0 Å². The van der Waals surface area contributed by atoms with Crippen LogP contribution in [-0.2, 0) is 4.74 Å². The molecule has 0 N–H and O–H groups in total. The summed E-state index contributed by atoms with van der Waals surface area (Å²) >= 11 is 0. The van der Waals surface area contributed by atoms with E-state index in [1.165, 1.54) is 0 Å². The van der Waals surface area contributed by atoms with Gasteiger partial charge in [0.1, 0.15) is 0 Å². The van der Waals surface area contributed by atoms with Crippen molar-refractivity contribution in [1.82, 2.24) is 0 Å². The SMILES string of the molecule is CC#CC1(C)OC1C. The van der Waals surface area contributed by atoms with Crippen molar-refractivity contribution in [2.24, 2.45) is 0 Å². The fourth-order valence-electron chi connectivity index (χ4n) is 0.713. The summed E-state index contributed by atoms with van der Waals surface area (Å²) in [7, 11) is 0. The molecule has 1 nitrogen and oxygen atoms in total. The molecule has 0 aliphatic carbocycles. The Morgan fingerprint density at radius 2 is 2.12 bits per heavy atom. The minimum absolute atomic E-state index is 0.102. The van der Waals surface area contributed by atoms with Gasteiger partial charge in [-0.05, 0) is 20.8 Å². The minimum Gasteiger partial charge on any atom is -0.353 e. The first kappa shape index (κ1) is 5.65. The van der Waals surface area contributed by atoms with Crippen LogP contribution in [0.3, 0.4) is 0 Å². The fourth-order valence-corrected chi connectivity index (χ4v) is 0.713. The van der Waals surface area contributed by atoms with E-state index in [4.69, 9.17) is 4.74 Å². The summed E-state index contributed by atoms with van der Waals surface area (Å²) in [6.45, 7) is 5.87. The summed E-state index contributed by atoms with van der Waals surface area (Å²) in [5, 5.41) is 0. The van der Waals surface area contributed by atoms with Gasteiger partial charge < -0.3 is 4.74 Å². The quantitative estimate of drug-likeness (QED) is 0.337. The van der Waals surface area contributed by atoms with Gasteiger partial charge in [0.15, 0.2) is 5.60 Å². The standard InChI is InChI=1S/C7H10O/c1-4-5-7(3)6(2)8-7/h6H,1-3H3. The predicted molar refractivity (Wildman–Crippen MR) is 32.4 cm³/mol. The van der Waals surface area contributed by atoms with Gasteiger partial charge in [0.2, 0.25) is 0 Å². The number of rotatable bonds is 0. The Balaban J connectivity index is 2.55. The third-order valence-electron chi connectivity index (χ3n) is 1.51. The molecule has 1 heteroatoms. The topological polar surface area (TPSA) is 12.5 Å². The fraction of sp³-hybridized carbons (Fsp3) is 0.714. The minimum atomic E-state index is -0.102. The van der Waals surface area contributed by atoms with Crippen molar-refractivity contribution in [3.05, 3.63) is 0 Å². The van der Waals surface area contributed by atoms with E-state index in [0.717, 1.165) is 0 Å². The Morgan fingerprint density at radius 3 is 2.25 bits per heavy atom. The molecular formula is C7H10O. The number of epoxide rings is 1. The van der Waals surface area contributed by atoms with Gasteiger partial charge in [-0.15, -0.1) is 5.92 Å². The van der Waals surface area contributed by atoms with E-state index in [9.17, 15) is 0 Å². The number of hydrogen-bond donors (Lipinski definition) is 0. The first-order valence-corrected chi connectivity index (χ1v) is 2.81. The molecule has 1 aliphatic heterocycles. The lowest BCUT2D eigenvalue weighted by molar-refractivity contribution is 0.355. The van der Waals surface area contributed by atoms with Crippen molar-refractivity contribution in [2.75, 3.05) is 0 Å². The maximum absolute atomic E-state index is 5.17. The van der Waals surface area contributed by atoms with Crippen LogP contribution >= 0.6 is 0 Å². The molecule has 0 bridgehead atoms. The molecule has 8 heavy (non-hydrogen) atoms. The van der Waals surface area contributed by atoms with Gasteiger partial charge in [-0.2, -0.15) is 0 Å². The van der Waals surface area contributed by atoms with Gasteiger partial charge in [-0.1, -0.05) is 5.92 Å². The zero-order chi connectivity index (χ0) is 6.20. The zero-order valence-corrected chi connectivity index (χ0v) is 5.49. The highest BCUT2D eigenvalue weighted by Gasteiger charge is 2.47. The van der Waals surface area contributed by atoms with E-state index in [1.807, 2.05) is 20.8 Å². The van der Waals surface area contributed by atoms with Crippen molar-refractivity contribution in [1.29, 1.82) is 0 Å². The molecule has 1 fully saturated rings. The highest BCUT2D eigenvalue weighted by atomic mass is 16.6. The van der Waals surface area contributed by atoms with Gasteiger partial charge in [-0.25, -0.2) is 0 Å². The average molecular weight is 110 g/mol. The molecule has 44 valence electrons. The van der Waals surface area contributed by atoms with Crippen LogP contribution in [0, 0.1) is 11.8 Å². The Morgan fingerprint density at radius 1 is 1.62 bits per heavy atom. The van der Waals surface area contributed by atoms with E-state index >= 15 is 0 Å². The monoisotopic (exact) mass is 110 g/mol. The van der Waals surface area contributed by atoms with Crippen LogP contribution in [0.25, 0.3) is 0 Å². The van der Waals surface area contributed by atoms with Crippen LogP contribution in [0.5, 0.6) is 0 Å². The summed E-state index contributed by atoms with van der Waals surface area (Å²) in [5.74, 6) is 5.80. The smallest absolute Gasteiger partial charge is 0.152 e. The van der Waals surface area contributed by atoms with E-state index in [2.05, 4.69) is 11.8 Å². The summed E-state index contributed by atoms with van der Waals surface area (Å²) in [6, 6.07) is 0. The second kappa shape index (κ2) is 1.50. The molecule has 1 saturated heterocycles. The molecule has 1 aliphatic rings. The Bertz CT molecular complexity index is 152. The second-order valence-electron chi connectivity index (χ2n) is 2.24. The van der Waals surface area contributed by atoms with E-state index in [-0.39, 0.29) is 5.60 Å². The highest BCUT2D eigenvalue weighted by molar-refractivity contribution is 5.21. The molecule has 2 atom stereocenters. The van der Waals surface area contributed by atoms with Gasteiger partial charge in [0.25, 0.3) is 0 Å². The van der Waals surface area contributed by atoms with Crippen LogP contribution in [0.4, 0.5) is 0 Å². The lowest BCUT2D eigenvalue weighted by Gasteiger charge is -1.86. The molecule has 0 aromatic heterocycles. The lowest BCUT2D eigenvalue weighted by Crippen LogP contribution is -2.02. The average Bonchev–Trinajstić information content (AvgIpc) is 2.16. The van der Waals surface area contributed by atoms with Crippen molar-refractivity contribution in [2.45, 2.75) is 32.5 Å². The van der Waals surface area contributed by atoms with Crippen molar-refractivity contribution in [3.63, 3.8) is 0 Å². The summed E-state index contributed by atoms with van der Waals surface area (Å²) in [4.78, 5) is 0. The van der Waals surface area contributed by atoms with Crippen LogP contribution < -0.4 is 0 Å². The Hall–Kier alpha value is -0.480. The van der Waals surface area contributed by atoms with Crippen LogP contribution in [0.1, 0.15) is 20.8 Å². The summed E-state index contributed by atoms with van der Waals surface area (Å²) in [6.07, 6.45) is 0.343. The van der Waals surface area contributed by atoms with Crippen LogP contribution in [0.2, 0.25) is 0 Å². The molecule has 0 aromatic carbocycles. The van der Waals surface area contributed by atoms with Gasteiger partial charge in [-0.3, -0.25) is 0 Å². The molecule has 2 unspecified atom stereocenters. The van der Waals surface area contributed by atoms with E-state index in [1.54, 1.807) is 0 Å². The first-order chi connectivity index (χ1) is 3.69. The van der Waals surface area contributed by atoms with Gasteiger partial charge >= 0.3 is 0 Å². The summed E-state index contributed by atoms with van der Waals surface area (Å²) in [5.41, 5.74) is -0.102. The van der Waals surface area contributed by atoms with Crippen LogP contribution in [-0.4, -0.2) is 11.7 Å². The second-order valence-corrected chi connectivity index (χ2v) is 2.24. The first-order valence-electron chi connectivity index (χ1n) is 2.81. The van der Waals surface area contributed by atoms with E-state index < -0.39 is 0 Å². The maximum Gasteiger partial charge on any atom is 0.152 e. The highest BCUT2D eigenvalue weighted by Crippen LogP contribution is 2.34. The van der Waals surface area contributed by atoms with Crippen LogP contribution in [0.15, 0.2) is 0 Å². The molecule has 0 radical (unpaired) electrons. The van der Waals surface area contributed by atoms with Crippen molar-refractivity contribution in [3.8, 4) is 11.8 Å². The largest absolute Gasteiger partial charge is 0.353 e. The van der Waals surface area contributed by atoms with Crippen molar-refractivity contribution >= 4 is 0 Å².